The molecule has 2 atom stereocenters. The van der Waals surface area contributed by atoms with Crippen LogP contribution in [0.1, 0.15) is 54.5 Å². The zero-order valence-corrected chi connectivity index (χ0v) is 29.5. The zero-order chi connectivity index (χ0) is 28.0. The predicted octanol–water partition coefficient (Wildman–Crippen LogP) is 4.19. The Morgan fingerprint density at radius 3 is 1.31 bits per heavy atom. The Hall–Kier alpha value is -2.10. The van der Waals surface area contributed by atoms with E-state index in [1.165, 1.54) is 44.5 Å². The molecule has 0 saturated carbocycles. The van der Waals surface area contributed by atoms with Crippen LogP contribution in [-0.2, 0) is 34.3 Å². The van der Waals surface area contributed by atoms with Crippen LogP contribution in [0.2, 0.25) is 13.1 Å². The Morgan fingerprint density at radius 2 is 0.976 bits per heavy atom. The van der Waals surface area contributed by atoms with Gasteiger partial charge in [0.1, 0.15) is 0 Å². The second-order valence-electron chi connectivity index (χ2n) is 11.6. The normalized spacial score (nSPS) is 16.6. The third-order valence-corrected chi connectivity index (χ3v) is 30.9. The third kappa shape index (κ3) is 5.85. The first-order valence-electron chi connectivity index (χ1n) is 14.2. The van der Waals surface area contributed by atoms with Gasteiger partial charge in [0, 0.05) is 0 Å². The van der Waals surface area contributed by atoms with Crippen molar-refractivity contribution in [3.05, 3.63) is 129 Å². The van der Waals surface area contributed by atoms with Crippen molar-refractivity contribution in [2.24, 2.45) is 0 Å². The van der Waals surface area contributed by atoms with Gasteiger partial charge in [-0.15, -0.1) is 0 Å². The van der Waals surface area contributed by atoms with E-state index < -0.39 is 40.2 Å². The molecule has 6 rings (SSSR count). The first kappa shape index (κ1) is 32.8. The second kappa shape index (κ2) is 13.7. The van der Waals surface area contributed by atoms with E-state index in [2.05, 4.69) is 99.8 Å². The van der Waals surface area contributed by atoms with Crippen LogP contribution < -0.4 is 24.8 Å². The van der Waals surface area contributed by atoms with Crippen LogP contribution in [0.3, 0.4) is 0 Å². The topological polar surface area (TPSA) is 0 Å². The summed E-state index contributed by atoms with van der Waals surface area (Å²) in [7, 11) is 0. The largest absolute Gasteiger partial charge is 1.00 e. The SMILES string of the molecule is CC1=Cc2c(-c3ccc(CF)cc3)cccc2[CH]1[Zr+2]([CH]1C(C)=Cc2c(-c3ccc(CF)cc3)cccc21)[SiH](C)C.[Cl-].[Cl-]. The molecule has 0 aromatic heterocycles. The predicted molar refractivity (Wildman–Crippen MR) is 165 cm³/mol. The molecule has 0 fully saturated rings. The molecular formula is C36H35Cl2F2SiZr. The minimum Gasteiger partial charge on any atom is -1.00 e. The maximum Gasteiger partial charge on any atom is -1.00 e. The van der Waals surface area contributed by atoms with Gasteiger partial charge in [0.2, 0.25) is 0 Å². The number of rotatable bonds is 7. The van der Waals surface area contributed by atoms with E-state index in [4.69, 9.17) is 0 Å². The van der Waals surface area contributed by atoms with E-state index in [1.54, 1.807) is 0 Å². The molecule has 0 heterocycles. The number of alkyl halides is 2. The van der Waals surface area contributed by atoms with E-state index in [0.29, 0.717) is 7.25 Å². The van der Waals surface area contributed by atoms with E-state index in [9.17, 15) is 8.78 Å². The van der Waals surface area contributed by atoms with E-state index in [-0.39, 0.29) is 24.8 Å². The molecule has 6 heteroatoms. The van der Waals surface area contributed by atoms with Crippen molar-refractivity contribution in [2.75, 3.05) is 0 Å². The van der Waals surface area contributed by atoms with E-state index in [0.717, 1.165) is 22.3 Å². The zero-order valence-electron chi connectivity index (χ0n) is 24.4. The number of allylic oxidation sites excluding steroid dienone is 2. The molecule has 42 heavy (non-hydrogen) atoms. The Bertz CT molecular complexity index is 1510. The Balaban J connectivity index is 0.00000202. The maximum absolute atomic E-state index is 13.2. The summed E-state index contributed by atoms with van der Waals surface area (Å²) >= 11 is -2.14. The van der Waals surface area contributed by atoms with Crippen molar-refractivity contribution < 1.29 is 54.5 Å². The van der Waals surface area contributed by atoms with Crippen LogP contribution >= 0.6 is 0 Å². The van der Waals surface area contributed by atoms with Gasteiger partial charge in [-0.3, -0.25) is 0 Å². The van der Waals surface area contributed by atoms with Crippen LogP contribution in [0.4, 0.5) is 8.78 Å². The molecule has 2 unspecified atom stereocenters. The minimum absolute atomic E-state index is 0. The fraction of sp³-hybridized carbons (Fsp3) is 0.222. The first-order valence-corrected chi connectivity index (χ1v) is 24.2. The van der Waals surface area contributed by atoms with Gasteiger partial charge in [-0.05, 0) is 0 Å². The molecule has 2 aliphatic carbocycles. The van der Waals surface area contributed by atoms with Gasteiger partial charge in [0.15, 0.2) is 0 Å². The molecule has 2 aliphatic rings. The van der Waals surface area contributed by atoms with E-state index >= 15 is 0 Å². The molecule has 0 saturated heterocycles. The van der Waals surface area contributed by atoms with Crippen molar-refractivity contribution in [3.8, 4) is 22.3 Å². The first-order chi connectivity index (χ1) is 19.4. The minimum atomic E-state index is -2.14. The number of hydrogen-bond donors (Lipinski definition) is 0. The Kier molecular flexibility index (Phi) is 10.7. The van der Waals surface area contributed by atoms with Crippen molar-refractivity contribution in [1.82, 2.24) is 0 Å². The monoisotopic (exact) mass is 693 g/mol. The van der Waals surface area contributed by atoms with Gasteiger partial charge < -0.3 is 24.8 Å². The summed E-state index contributed by atoms with van der Waals surface area (Å²) in [5.74, 6) is -0.956. The molecule has 0 radical (unpaired) electrons. The summed E-state index contributed by atoms with van der Waals surface area (Å²) in [6.45, 7) is 9.03. The molecule has 0 aliphatic heterocycles. The summed E-state index contributed by atoms with van der Waals surface area (Å²) < 4.78 is 27.5. The number of hydrogen-bond acceptors (Lipinski definition) is 0. The average Bonchev–Trinajstić information content (AvgIpc) is 3.49. The van der Waals surface area contributed by atoms with Crippen molar-refractivity contribution in [2.45, 2.75) is 47.5 Å². The molecule has 215 valence electrons. The van der Waals surface area contributed by atoms with Gasteiger partial charge in [0.05, 0.1) is 0 Å². The molecule has 0 nitrogen and oxygen atoms in total. The van der Waals surface area contributed by atoms with Crippen LogP contribution in [0.5, 0.6) is 0 Å². The number of fused-ring (bicyclic) bond motifs is 2. The van der Waals surface area contributed by atoms with Gasteiger partial charge in [-0.25, -0.2) is 0 Å². The van der Waals surface area contributed by atoms with Crippen LogP contribution in [0.15, 0.2) is 96.1 Å². The molecule has 4 aromatic rings. The van der Waals surface area contributed by atoms with Gasteiger partial charge in [-0.2, -0.15) is 0 Å². The van der Waals surface area contributed by atoms with Gasteiger partial charge in [-0.1, -0.05) is 0 Å². The van der Waals surface area contributed by atoms with Gasteiger partial charge >= 0.3 is 247 Å². The fourth-order valence-electron chi connectivity index (χ4n) is 6.87. The van der Waals surface area contributed by atoms with E-state index in [1.807, 2.05) is 24.3 Å². The molecule has 0 bridgehead atoms. The average molecular weight is 696 g/mol. The summed E-state index contributed by atoms with van der Waals surface area (Å²) in [6, 6.07) is 29.6. The van der Waals surface area contributed by atoms with Crippen molar-refractivity contribution >= 4 is 18.1 Å². The maximum atomic E-state index is 13.2. The van der Waals surface area contributed by atoms with Crippen molar-refractivity contribution in [3.63, 3.8) is 0 Å². The molecule has 4 aromatic carbocycles. The fourth-order valence-corrected chi connectivity index (χ4v) is 30.1. The summed E-state index contributed by atoms with van der Waals surface area (Å²) in [5.41, 5.74) is 15.1. The smallest absolute Gasteiger partial charge is 1.00 e. The second-order valence-corrected chi connectivity index (χ2v) is 31.6. The van der Waals surface area contributed by atoms with Crippen LogP contribution in [0, 0.1) is 0 Å². The summed E-state index contributed by atoms with van der Waals surface area (Å²) in [6.07, 6.45) is 4.90. The summed E-state index contributed by atoms with van der Waals surface area (Å²) in [5, 5.41) is 0. The molecular weight excluding hydrogens is 661 g/mol. The third-order valence-electron chi connectivity index (χ3n) is 8.73. The van der Waals surface area contributed by atoms with Crippen LogP contribution in [0.25, 0.3) is 34.4 Å². The number of halogens is 4. The Labute approximate surface area is 270 Å². The Morgan fingerprint density at radius 1 is 0.595 bits per heavy atom. The summed E-state index contributed by atoms with van der Waals surface area (Å²) in [4.78, 5) is 0. The molecule has 0 N–H and O–H groups in total. The quantitative estimate of drug-likeness (QED) is 0.255. The van der Waals surface area contributed by atoms with Crippen molar-refractivity contribution in [1.29, 1.82) is 0 Å². The van der Waals surface area contributed by atoms with Crippen LogP contribution in [-0.4, -0.2) is 5.92 Å². The molecule has 0 amide bonds. The standard InChI is InChI=1S/2C17H14F.C2H7Si.2ClH.Zr/c2*1-12-9-15-3-2-4-16(17(15)10-12)14-7-5-13(11-18)6-8-14;1-3-2;;;/h2*2-10H,11H2,1H3;3H,1-2H3;2*1H;/q;;;;;+2/p-2. The number of benzene rings is 4. The van der Waals surface area contributed by atoms with Gasteiger partial charge in [0.25, 0.3) is 0 Å². The molecule has 0 spiro atoms.